The highest BCUT2D eigenvalue weighted by Crippen LogP contribution is 2.20. The number of ether oxygens (including phenoxy) is 2. The van der Waals surface area contributed by atoms with Gasteiger partial charge < -0.3 is 14.6 Å². The van der Waals surface area contributed by atoms with Gasteiger partial charge in [0.05, 0.1) is 7.11 Å². The van der Waals surface area contributed by atoms with Crippen LogP contribution in [0.3, 0.4) is 0 Å². The van der Waals surface area contributed by atoms with Crippen molar-refractivity contribution < 1.29 is 23.8 Å². The van der Waals surface area contributed by atoms with E-state index in [1.54, 1.807) is 19.2 Å². The molecule has 0 aromatic heterocycles. The summed E-state index contributed by atoms with van der Waals surface area (Å²) in [5.74, 6) is 0.162. The number of para-hydroxylation sites is 1. The largest absolute Gasteiger partial charge is 0.496 e. The van der Waals surface area contributed by atoms with Crippen molar-refractivity contribution in [2.24, 2.45) is 0 Å². The van der Waals surface area contributed by atoms with E-state index in [1.165, 1.54) is 12.1 Å². The predicted molar refractivity (Wildman–Crippen MR) is 105 cm³/mol. The molecule has 0 radical (unpaired) electrons. The van der Waals surface area contributed by atoms with Crippen LogP contribution in [0.2, 0.25) is 0 Å². The molecule has 0 aliphatic carbocycles. The Labute approximate surface area is 165 Å². The molecule has 0 unspecified atom stereocenters. The zero-order valence-electron chi connectivity index (χ0n) is 16.4. The summed E-state index contributed by atoms with van der Waals surface area (Å²) in [6.45, 7) is 3.19. The predicted octanol–water partition coefficient (Wildman–Crippen LogP) is 3.54. The third-order valence-corrected chi connectivity index (χ3v) is 4.27. The lowest BCUT2D eigenvalue weighted by molar-refractivity contribution is -0.147. The number of carbonyl (C=O) groups is 1. The van der Waals surface area contributed by atoms with Crippen LogP contribution in [0.4, 0.5) is 4.39 Å². The highest BCUT2D eigenvalue weighted by molar-refractivity contribution is 5.69. The van der Waals surface area contributed by atoms with Gasteiger partial charge in [0.25, 0.3) is 0 Å². The lowest BCUT2D eigenvalue weighted by Gasteiger charge is -2.26. The second-order valence-corrected chi connectivity index (χ2v) is 6.69. The van der Waals surface area contributed by atoms with Crippen molar-refractivity contribution in [3.05, 3.63) is 65.5 Å². The number of rotatable bonds is 11. The van der Waals surface area contributed by atoms with Gasteiger partial charge in [-0.1, -0.05) is 37.3 Å². The van der Waals surface area contributed by atoms with Gasteiger partial charge in [0, 0.05) is 31.6 Å². The van der Waals surface area contributed by atoms with Crippen molar-refractivity contribution >= 4 is 5.97 Å². The summed E-state index contributed by atoms with van der Waals surface area (Å²) in [5.41, 5.74) is 1.90. The number of methoxy groups -OCH3 is 1. The van der Waals surface area contributed by atoms with Crippen LogP contribution in [0.1, 0.15) is 30.9 Å². The molecule has 0 fully saturated rings. The van der Waals surface area contributed by atoms with Gasteiger partial charge in [-0.2, -0.15) is 0 Å². The zero-order valence-corrected chi connectivity index (χ0v) is 16.4. The number of carbonyl (C=O) groups excluding carboxylic acids is 1. The van der Waals surface area contributed by atoms with E-state index in [0.717, 1.165) is 16.9 Å². The van der Waals surface area contributed by atoms with Gasteiger partial charge in [0.1, 0.15) is 24.3 Å². The van der Waals surface area contributed by atoms with Crippen LogP contribution in [0.25, 0.3) is 0 Å². The molecular weight excluding hydrogens is 361 g/mol. The molecule has 5 nitrogen and oxygen atoms in total. The molecule has 2 aromatic rings. The van der Waals surface area contributed by atoms with Gasteiger partial charge in [-0.25, -0.2) is 4.39 Å². The molecule has 2 rings (SSSR count). The van der Waals surface area contributed by atoms with E-state index in [1.807, 2.05) is 36.1 Å². The smallest absolute Gasteiger partial charge is 0.305 e. The molecule has 2 aromatic carbocycles. The summed E-state index contributed by atoms with van der Waals surface area (Å²) in [5, 5.41) is 10.4. The highest BCUT2D eigenvalue weighted by atomic mass is 19.1. The van der Waals surface area contributed by atoms with Gasteiger partial charge in [-0.05, 0) is 30.2 Å². The van der Waals surface area contributed by atoms with Gasteiger partial charge in [0.15, 0.2) is 0 Å². The molecule has 152 valence electrons. The van der Waals surface area contributed by atoms with Crippen molar-refractivity contribution in [1.82, 2.24) is 4.90 Å². The lowest BCUT2D eigenvalue weighted by atomic mass is 10.1. The summed E-state index contributed by atoms with van der Waals surface area (Å²) in [4.78, 5) is 13.5. The highest BCUT2D eigenvalue weighted by Gasteiger charge is 2.16. The molecule has 0 spiro atoms. The van der Waals surface area contributed by atoms with Gasteiger partial charge in [-0.3, -0.25) is 9.69 Å². The first-order valence-corrected chi connectivity index (χ1v) is 9.44. The summed E-state index contributed by atoms with van der Waals surface area (Å²) in [6.07, 6.45) is 0.225. The molecule has 1 N–H and O–H groups in total. The third-order valence-electron chi connectivity index (χ3n) is 4.27. The van der Waals surface area contributed by atoms with Crippen LogP contribution in [-0.2, 0) is 22.6 Å². The quantitative estimate of drug-likeness (QED) is 0.596. The fourth-order valence-corrected chi connectivity index (χ4v) is 2.92. The Morgan fingerprint density at radius 3 is 2.54 bits per heavy atom. The van der Waals surface area contributed by atoms with Gasteiger partial charge >= 0.3 is 5.97 Å². The first kappa shape index (κ1) is 21.9. The van der Waals surface area contributed by atoms with Gasteiger partial charge in [-0.15, -0.1) is 0 Å². The van der Waals surface area contributed by atoms with Crippen molar-refractivity contribution in [3.63, 3.8) is 0 Å². The maximum Gasteiger partial charge on any atom is 0.305 e. The number of nitrogens with zero attached hydrogens (tertiary/aromatic N) is 1. The third kappa shape index (κ3) is 7.29. The van der Waals surface area contributed by atoms with Crippen LogP contribution in [-0.4, -0.2) is 42.3 Å². The SMILES string of the molecule is CCCC(=O)OC[C@H](O)CN(Cc1ccc(F)cc1)Cc1ccccc1OC. The first-order chi connectivity index (χ1) is 13.5. The number of aliphatic hydroxyl groups is 1. The molecule has 0 saturated heterocycles. The average molecular weight is 389 g/mol. The fraction of sp³-hybridized carbons (Fsp3) is 0.409. The van der Waals surface area contributed by atoms with Crippen LogP contribution in [0.5, 0.6) is 5.75 Å². The average Bonchev–Trinajstić information content (AvgIpc) is 2.69. The Morgan fingerprint density at radius 2 is 1.86 bits per heavy atom. The van der Waals surface area contributed by atoms with Crippen LogP contribution in [0.15, 0.2) is 48.5 Å². The standard InChI is InChI=1S/C22H28FNO4/c1-3-6-22(26)28-16-20(25)15-24(13-17-9-11-19(23)12-10-17)14-18-7-4-5-8-21(18)27-2/h4-5,7-12,20,25H,3,6,13-16H2,1-2H3/t20-/m1/s1. The number of benzene rings is 2. The molecular formula is C22H28FNO4. The number of aliphatic hydroxyl groups excluding tert-OH is 1. The Hall–Kier alpha value is -2.44. The van der Waals surface area contributed by atoms with E-state index in [0.29, 0.717) is 32.5 Å². The topological polar surface area (TPSA) is 59.0 Å². The van der Waals surface area contributed by atoms with Crippen molar-refractivity contribution in [2.75, 3.05) is 20.3 Å². The van der Waals surface area contributed by atoms with E-state index in [4.69, 9.17) is 9.47 Å². The van der Waals surface area contributed by atoms with Gasteiger partial charge in [0.2, 0.25) is 0 Å². The van der Waals surface area contributed by atoms with E-state index in [9.17, 15) is 14.3 Å². The fourth-order valence-electron chi connectivity index (χ4n) is 2.92. The molecule has 0 bridgehead atoms. The van der Waals surface area contributed by atoms with Crippen molar-refractivity contribution in [2.45, 2.75) is 39.0 Å². The minimum atomic E-state index is -0.823. The van der Waals surface area contributed by atoms with E-state index < -0.39 is 6.10 Å². The number of hydrogen-bond acceptors (Lipinski definition) is 5. The number of halogens is 1. The van der Waals surface area contributed by atoms with Crippen molar-refractivity contribution in [3.8, 4) is 5.75 Å². The number of esters is 1. The molecule has 0 heterocycles. The first-order valence-electron chi connectivity index (χ1n) is 9.44. The maximum absolute atomic E-state index is 13.2. The Morgan fingerprint density at radius 1 is 1.14 bits per heavy atom. The maximum atomic E-state index is 13.2. The van der Waals surface area contributed by atoms with Crippen LogP contribution in [0, 0.1) is 5.82 Å². The lowest BCUT2D eigenvalue weighted by Crippen LogP contribution is -2.35. The Bertz CT molecular complexity index is 736. The molecule has 6 heteroatoms. The van der Waals surface area contributed by atoms with E-state index >= 15 is 0 Å². The Balaban J connectivity index is 2.06. The minimum absolute atomic E-state index is 0.0509. The van der Waals surface area contributed by atoms with Crippen LogP contribution < -0.4 is 4.74 Å². The van der Waals surface area contributed by atoms with Crippen molar-refractivity contribution in [1.29, 1.82) is 0 Å². The Kier molecular flexibility index (Phi) is 8.91. The van der Waals surface area contributed by atoms with E-state index in [2.05, 4.69) is 0 Å². The summed E-state index contributed by atoms with van der Waals surface area (Å²) in [7, 11) is 1.62. The number of hydrogen-bond donors (Lipinski definition) is 1. The van der Waals surface area contributed by atoms with Crippen LogP contribution >= 0.6 is 0 Å². The van der Waals surface area contributed by atoms with E-state index in [-0.39, 0.29) is 18.4 Å². The summed E-state index contributed by atoms with van der Waals surface area (Å²) >= 11 is 0. The minimum Gasteiger partial charge on any atom is -0.496 e. The zero-order chi connectivity index (χ0) is 20.4. The molecule has 0 saturated carbocycles. The second kappa shape index (κ2) is 11.4. The monoisotopic (exact) mass is 389 g/mol. The summed E-state index contributed by atoms with van der Waals surface area (Å²) in [6, 6.07) is 13.9. The molecule has 0 amide bonds. The molecule has 0 aliphatic rings. The normalized spacial score (nSPS) is 12.0. The molecule has 1 atom stereocenters. The second-order valence-electron chi connectivity index (χ2n) is 6.69. The summed E-state index contributed by atoms with van der Waals surface area (Å²) < 4.78 is 23.7. The molecule has 28 heavy (non-hydrogen) atoms. The molecule has 0 aliphatic heterocycles.